The molecule has 0 bridgehead atoms. The van der Waals surface area contributed by atoms with Crippen LogP contribution in [0.25, 0.3) is 99.5 Å². The smallest absolute Gasteiger partial charge is 0.478 e. The molecule has 0 atom stereocenters. The minimum Gasteiger partial charge on any atom is -0.478 e. The van der Waals surface area contributed by atoms with Gasteiger partial charge in [0.25, 0.3) is 0 Å². The van der Waals surface area contributed by atoms with Crippen molar-refractivity contribution in [1.29, 1.82) is 0 Å². The van der Waals surface area contributed by atoms with Crippen LogP contribution in [0.2, 0.25) is 0 Å². The first kappa shape index (κ1) is 46.9. The van der Waals surface area contributed by atoms with Crippen molar-refractivity contribution in [3.63, 3.8) is 0 Å². The molecular weight excluding hydrogens is 970 g/mol. The molecule has 2 N–H and O–H groups in total. The van der Waals surface area contributed by atoms with E-state index in [1.165, 1.54) is 81.2 Å². The SMILES string of the molecule is O=C(O)c1ccnc(-c2cc(C(=O)O)ccn2)c1.[Ru+2].c1ccc(-c2ccnc3c2ccc2c(-c4ccccc4)ccnc23)cc1.c1ccc(-c2ccnc3c2ccc2c(-c4ccccc4)ccnc23)cc1. The van der Waals surface area contributed by atoms with E-state index in [1.807, 2.05) is 49.1 Å². The number of hydrogen-bond donors (Lipinski definition) is 2. The number of fused-ring (bicyclic) bond motifs is 6. The number of aromatic carboxylic acids is 2. The molecule has 0 unspecified atom stereocenters. The molecule has 0 radical (unpaired) electrons. The summed E-state index contributed by atoms with van der Waals surface area (Å²) in [5.74, 6) is -2.15. The van der Waals surface area contributed by atoms with Crippen LogP contribution in [0.3, 0.4) is 0 Å². The van der Waals surface area contributed by atoms with Crippen molar-refractivity contribution in [2.24, 2.45) is 0 Å². The topological polar surface area (TPSA) is 152 Å². The van der Waals surface area contributed by atoms with Gasteiger partial charge in [0.2, 0.25) is 0 Å². The van der Waals surface area contributed by atoms with E-state index in [-0.39, 0.29) is 30.6 Å². The van der Waals surface area contributed by atoms with Crippen molar-refractivity contribution in [3.05, 3.63) is 242 Å². The zero-order valence-corrected chi connectivity index (χ0v) is 39.4. The van der Waals surface area contributed by atoms with Crippen molar-refractivity contribution in [2.45, 2.75) is 0 Å². The summed E-state index contributed by atoms with van der Waals surface area (Å²) in [6.07, 6.45) is 10.2. The molecule has 0 aliphatic rings. The summed E-state index contributed by atoms with van der Waals surface area (Å²) >= 11 is 0. The van der Waals surface area contributed by atoms with Gasteiger partial charge in [0.15, 0.2) is 0 Å². The van der Waals surface area contributed by atoms with Gasteiger partial charge in [-0.1, -0.05) is 146 Å². The van der Waals surface area contributed by atoms with Crippen LogP contribution in [0, 0.1) is 0 Å². The molecule has 0 spiro atoms. The Balaban J connectivity index is 0.000000134. The molecule has 0 saturated heterocycles. The number of benzene rings is 6. The van der Waals surface area contributed by atoms with Crippen LogP contribution >= 0.6 is 0 Å². The molecule has 340 valence electrons. The molecule has 12 rings (SSSR count). The van der Waals surface area contributed by atoms with E-state index < -0.39 is 11.9 Å². The Morgan fingerprint density at radius 3 is 0.775 bits per heavy atom. The van der Waals surface area contributed by atoms with Crippen LogP contribution in [0.1, 0.15) is 20.7 Å². The third-order valence-electron chi connectivity index (χ3n) is 11.9. The molecule has 10 nitrogen and oxygen atoms in total. The van der Waals surface area contributed by atoms with E-state index in [4.69, 9.17) is 10.2 Å². The van der Waals surface area contributed by atoms with Gasteiger partial charge < -0.3 is 10.2 Å². The first-order valence-electron chi connectivity index (χ1n) is 22.3. The van der Waals surface area contributed by atoms with Crippen molar-refractivity contribution in [1.82, 2.24) is 29.9 Å². The molecule has 0 amide bonds. The Morgan fingerprint density at radius 1 is 0.296 bits per heavy atom. The number of aromatic nitrogens is 6. The monoisotopic (exact) mass is 1010 g/mol. The van der Waals surface area contributed by atoms with Crippen molar-refractivity contribution in [2.75, 3.05) is 0 Å². The predicted octanol–water partition coefficient (Wildman–Crippen LogP) is 13.8. The van der Waals surface area contributed by atoms with E-state index in [1.54, 1.807) is 0 Å². The molecule has 0 aliphatic carbocycles. The van der Waals surface area contributed by atoms with Gasteiger partial charge in [-0.2, -0.15) is 0 Å². The zero-order chi connectivity index (χ0) is 47.8. The van der Waals surface area contributed by atoms with Gasteiger partial charge in [-0.25, -0.2) is 9.59 Å². The molecule has 6 aromatic carbocycles. The fraction of sp³-hybridized carbons (Fsp3) is 0. The van der Waals surface area contributed by atoms with Crippen LogP contribution in [0.4, 0.5) is 0 Å². The third-order valence-corrected chi connectivity index (χ3v) is 11.9. The summed E-state index contributed by atoms with van der Waals surface area (Å²) in [5.41, 5.74) is 14.1. The summed E-state index contributed by atoms with van der Waals surface area (Å²) < 4.78 is 0. The summed E-state index contributed by atoms with van der Waals surface area (Å²) in [5, 5.41) is 22.2. The molecule has 12 aromatic rings. The Morgan fingerprint density at radius 2 is 0.535 bits per heavy atom. The summed E-state index contributed by atoms with van der Waals surface area (Å²) in [6.45, 7) is 0. The van der Waals surface area contributed by atoms with Gasteiger partial charge in [0, 0.05) is 58.7 Å². The maximum Gasteiger partial charge on any atom is 2.00 e. The largest absolute Gasteiger partial charge is 2.00 e. The molecule has 6 aromatic heterocycles. The quantitative estimate of drug-likeness (QED) is 0.117. The van der Waals surface area contributed by atoms with E-state index >= 15 is 0 Å². The number of carboxylic acids is 2. The predicted molar refractivity (Wildman–Crippen MR) is 277 cm³/mol. The second kappa shape index (κ2) is 21.4. The van der Waals surface area contributed by atoms with Crippen LogP contribution in [0.5, 0.6) is 0 Å². The fourth-order valence-corrected chi connectivity index (χ4v) is 8.54. The minimum absolute atomic E-state index is 0. The molecule has 0 aliphatic heterocycles. The average molecular weight is 1010 g/mol. The Labute approximate surface area is 420 Å². The van der Waals surface area contributed by atoms with Crippen LogP contribution < -0.4 is 0 Å². The van der Waals surface area contributed by atoms with E-state index in [0.717, 1.165) is 43.6 Å². The number of carbonyl (C=O) groups is 2. The average Bonchev–Trinajstić information content (AvgIpc) is 3.43. The molecule has 71 heavy (non-hydrogen) atoms. The third kappa shape index (κ3) is 10.0. The molecule has 0 fully saturated rings. The second-order valence-electron chi connectivity index (χ2n) is 16.1. The fourth-order valence-electron chi connectivity index (χ4n) is 8.54. The molecular formula is C60H40N6O4Ru+2. The van der Waals surface area contributed by atoms with Gasteiger partial charge in [-0.05, 0) is 93.0 Å². The van der Waals surface area contributed by atoms with Gasteiger partial charge in [0.1, 0.15) is 0 Å². The van der Waals surface area contributed by atoms with Gasteiger partial charge >= 0.3 is 31.4 Å². The number of hydrogen-bond acceptors (Lipinski definition) is 8. The van der Waals surface area contributed by atoms with Gasteiger partial charge in [0.05, 0.1) is 44.6 Å². The van der Waals surface area contributed by atoms with E-state index in [0.29, 0.717) is 11.4 Å². The van der Waals surface area contributed by atoms with E-state index in [2.05, 4.69) is 175 Å². The van der Waals surface area contributed by atoms with Gasteiger partial charge in [-0.3, -0.25) is 29.9 Å². The van der Waals surface area contributed by atoms with Crippen LogP contribution in [-0.2, 0) is 19.5 Å². The minimum atomic E-state index is -1.08. The maximum absolute atomic E-state index is 10.8. The number of rotatable bonds is 7. The second-order valence-corrected chi connectivity index (χ2v) is 16.1. The molecule has 0 saturated carbocycles. The first-order valence-corrected chi connectivity index (χ1v) is 22.3. The number of nitrogens with zero attached hydrogens (tertiary/aromatic N) is 6. The van der Waals surface area contributed by atoms with E-state index in [9.17, 15) is 9.59 Å². The zero-order valence-electron chi connectivity index (χ0n) is 37.7. The number of pyridine rings is 6. The standard InChI is InChI=1S/2C24H16N2.C12H8N2O4.Ru/c2*1-3-7-17(8-4-1)19-13-15-25-23-21(19)11-12-22-20(14-16-26-24(22)23)18-9-5-2-6-10-18;15-11(16)7-1-3-13-9(5-7)10-6-8(12(17)18)2-4-14-10;/h2*1-16H;1-6H,(H,15,16)(H,17,18);/q;;;+2. The first-order chi connectivity index (χ1) is 34.4. The number of carboxylic acid groups (broad SMARTS) is 2. The summed E-state index contributed by atoms with van der Waals surface area (Å²) in [6, 6.07) is 64.1. The van der Waals surface area contributed by atoms with Crippen LogP contribution in [0.15, 0.2) is 231 Å². The van der Waals surface area contributed by atoms with Crippen molar-refractivity contribution < 1.29 is 39.3 Å². The normalized spacial score (nSPS) is 10.6. The Hall–Kier alpha value is -9.18. The summed E-state index contributed by atoms with van der Waals surface area (Å²) in [7, 11) is 0. The van der Waals surface area contributed by atoms with Gasteiger partial charge in [-0.15, -0.1) is 0 Å². The molecule has 6 heterocycles. The Bertz CT molecular complexity index is 3400. The maximum atomic E-state index is 10.8. The van der Waals surface area contributed by atoms with Crippen LogP contribution in [-0.4, -0.2) is 52.1 Å². The van der Waals surface area contributed by atoms with Crippen molar-refractivity contribution >= 4 is 55.6 Å². The molecule has 11 heteroatoms. The van der Waals surface area contributed by atoms with Crippen molar-refractivity contribution in [3.8, 4) is 55.9 Å². The summed E-state index contributed by atoms with van der Waals surface area (Å²) in [4.78, 5) is 48.3. The Kier molecular flexibility index (Phi) is 14.1.